The number of hydrogen-bond acceptors (Lipinski definition) is 15. The van der Waals surface area contributed by atoms with E-state index in [1.807, 2.05) is 6.92 Å². The Hall–Kier alpha value is -4.74. The normalized spacial score (nSPS) is 20.2. The summed E-state index contributed by atoms with van der Waals surface area (Å²) in [6, 6.07) is 10.7. The summed E-state index contributed by atoms with van der Waals surface area (Å²) in [4.78, 5) is 60.8. The quantitative estimate of drug-likeness (QED) is 0.145. The maximum Gasteiger partial charge on any atom is 0.338 e. The van der Waals surface area contributed by atoms with Crippen LogP contribution < -0.4 is 14.8 Å². The van der Waals surface area contributed by atoms with Gasteiger partial charge in [-0.2, -0.15) is 4.72 Å². The van der Waals surface area contributed by atoms with E-state index in [2.05, 4.69) is 10.0 Å². The predicted octanol–water partition coefficient (Wildman–Crippen LogP) is 3.23. The molecular weight excluding hydrogens is 680 g/mol. The number of para-hydroxylation sites is 1. The number of esters is 5. The molecule has 0 spiro atoms. The number of carbonyl (C=O) groups is 5. The Morgan fingerprint density at radius 3 is 2.00 bits per heavy atom. The summed E-state index contributed by atoms with van der Waals surface area (Å²) in [7, 11) is -4.85. The van der Waals surface area contributed by atoms with Gasteiger partial charge >= 0.3 is 29.8 Å². The molecule has 1 fully saturated rings. The van der Waals surface area contributed by atoms with Crippen LogP contribution in [0.5, 0.6) is 11.5 Å². The fraction of sp³-hybridized carbons (Fsp3) is 0.485. The van der Waals surface area contributed by atoms with E-state index in [9.17, 15) is 32.4 Å². The van der Waals surface area contributed by atoms with Gasteiger partial charge in [0.05, 0.1) is 17.9 Å². The first-order valence-corrected chi connectivity index (χ1v) is 17.3. The van der Waals surface area contributed by atoms with Crippen LogP contribution in [0.15, 0.2) is 47.4 Å². The Balaban J connectivity index is 2.23. The standard InChI is InChI=1S/C33H42N2O14S/c1-7-9-15-34-25-16-23(33(40)43-8-2)17-27(28(25)48-24-13-11-10-12-14-24)50(41,42)35-32-31(47-22(6)39)30(46-21(5)38)29(45-20(4)37)26(49-32)18-44-19(3)36/h10-14,16-17,26,29-32,34-35H,7-9,15,18H2,1-6H3/t26-,29-,30+,31-,32?/m1/s1. The summed E-state index contributed by atoms with van der Waals surface area (Å²) in [5.74, 6) is -4.19. The summed E-state index contributed by atoms with van der Waals surface area (Å²) >= 11 is 0. The number of sulfonamides is 1. The second-order valence-electron chi connectivity index (χ2n) is 11.0. The van der Waals surface area contributed by atoms with Gasteiger partial charge < -0.3 is 38.5 Å². The van der Waals surface area contributed by atoms with Crippen molar-refractivity contribution in [2.75, 3.05) is 25.1 Å². The van der Waals surface area contributed by atoms with E-state index in [1.165, 1.54) is 6.07 Å². The molecule has 0 radical (unpaired) electrons. The van der Waals surface area contributed by atoms with Crippen LogP contribution in [0.1, 0.15) is 64.7 Å². The highest BCUT2D eigenvalue weighted by Crippen LogP contribution is 2.39. The molecule has 50 heavy (non-hydrogen) atoms. The van der Waals surface area contributed by atoms with Crippen LogP contribution in [0.25, 0.3) is 0 Å². The van der Waals surface area contributed by atoms with Crippen molar-refractivity contribution in [2.45, 2.75) is 89.9 Å². The van der Waals surface area contributed by atoms with E-state index in [0.29, 0.717) is 13.0 Å². The summed E-state index contributed by atoms with van der Waals surface area (Å²) in [5, 5.41) is 3.13. The molecule has 1 aliphatic rings. The average molecular weight is 723 g/mol. The third-order valence-corrected chi connectivity index (χ3v) is 8.35. The lowest BCUT2D eigenvalue weighted by molar-refractivity contribution is -0.254. The van der Waals surface area contributed by atoms with Crippen molar-refractivity contribution in [3.05, 3.63) is 48.0 Å². The van der Waals surface area contributed by atoms with Gasteiger partial charge in [-0.3, -0.25) is 19.2 Å². The number of hydrogen-bond donors (Lipinski definition) is 2. The molecule has 0 amide bonds. The molecule has 2 N–H and O–H groups in total. The topological polar surface area (TPSA) is 208 Å². The lowest BCUT2D eigenvalue weighted by Gasteiger charge is -2.44. The molecule has 0 aromatic heterocycles. The number of anilines is 1. The summed E-state index contributed by atoms with van der Waals surface area (Å²) < 4.78 is 69.7. The van der Waals surface area contributed by atoms with E-state index in [1.54, 1.807) is 37.3 Å². The minimum absolute atomic E-state index is 0.00473. The third-order valence-electron chi connectivity index (χ3n) is 6.93. The Kier molecular flexibility index (Phi) is 14.5. The van der Waals surface area contributed by atoms with Crippen molar-refractivity contribution >= 4 is 45.6 Å². The first-order chi connectivity index (χ1) is 23.7. The SMILES string of the molecule is CCCCNc1cc(C(=O)OCC)cc(S(=O)(=O)NC2O[C@H](COC(C)=O)[C@@H](OC(C)=O)[C@H](OC(C)=O)[C@H]2OC(C)=O)c1Oc1ccccc1. The van der Waals surface area contributed by atoms with E-state index in [4.69, 9.17) is 33.2 Å². The second kappa shape index (κ2) is 18.3. The van der Waals surface area contributed by atoms with Crippen LogP contribution in [0.4, 0.5) is 5.69 Å². The minimum Gasteiger partial charge on any atom is -0.463 e. The maximum atomic E-state index is 14.4. The molecule has 2 aromatic carbocycles. The molecule has 0 saturated carbocycles. The first-order valence-electron chi connectivity index (χ1n) is 15.8. The van der Waals surface area contributed by atoms with Crippen molar-refractivity contribution < 1.29 is 65.5 Å². The van der Waals surface area contributed by atoms with Crippen LogP contribution in [0.2, 0.25) is 0 Å². The Bertz CT molecular complexity index is 1630. The third kappa shape index (κ3) is 11.1. The first kappa shape index (κ1) is 39.7. The van der Waals surface area contributed by atoms with Crippen LogP contribution in [-0.4, -0.2) is 88.7 Å². The van der Waals surface area contributed by atoms with Gasteiger partial charge in [0.25, 0.3) is 0 Å². The van der Waals surface area contributed by atoms with Crippen molar-refractivity contribution in [2.24, 2.45) is 0 Å². The number of ether oxygens (including phenoxy) is 7. The van der Waals surface area contributed by atoms with Crippen molar-refractivity contribution in [3.8, 4) is 11.5 Å². The molecular formula is C33H42N2O14S. The number of benzene rings is 2. The lowest BCUT2D eigenvalue weighted by Crippen LogP contribution is -2.66. The monoisotopic (exact) mass is 722 g/mol. The molecule has 17 heteroatoms. The van der Waals surface area contributed by atoms with Gasteiger partial charge in [0.15, 0.2) is 30.3 Å². The van der Waals surface area contributed by atoms with Crippen LogP contribution in [0.3, 0.4) is 0 Å². The number of nitrogens with one attached hydrogen (secondary N) is 2. The molecule has 0 bridgehead atoms. The fourth-order valence-electron chi connectivity index (χ4n) is 4.92. The highest BCUT2D eigenvalue weighted by Gasteiger charge is 2.53. The van der Waals surface area contributed by atoms with Gasteiger partial charge in [-0.05, 0) is 37.6 Å². The van der Waals surface area contributed by atoms with Crippen molar-refractivity contribution in [1.29, 1.82) is 0 Å². The van der Waals surface area contributed by atoms with Gasteiger partial charge in [0.2, 0.25) is 10.0 Å². The predicted molar refractivity (Wildman–Crippen MR) is 175 cm³/mol. The largest absolute Gasteiger partial charge is 0.463 e. The molecule has 1 saturated heterocycles. The van der Waals surface area contributed by atoms with Crippen molar-refractivity contribution in [1.82, 2.24) is 4.72 Å². The number of carbonyl (C=O) groups excluding carboxylic acids is 5. The zero-order valence-electron chi connectivity index (χ0n) is 28.6. The Labute approximate surface area is 290 Å². The smallest absolute Gasteiger partial charge is 0.338 e. The summed E-state index contributed by atoms with van der Waals surface area (Å²) in [6.07, 6.45) is -6.66. The zero-order valence-corrected chi connectivity index (χ0v) is 29.4. The van der Waals surface area contributed by atoms with Gasteiger partial charge in [0, 0.05) is 34.2 Å². The molecule has 1 aliphatic heterocycles. The highest BCUT2D eigenvalue weighted by atomic mass is 32.2. The molecule has 1 unspecified atom stereocenters. The lowest BCUT2D eigenvalue weighted by atomic mass is 9.97. The summed E-state index contributed by atoms with van der Waals surface area (Å²) in [6.45, 7) is 7.58. The molecule has 0 aliphatic carbocycles. The van der Waals surface area contributed by atoms with Crippen LogP contribution >= 0.6 is 0 Å². The molecule has 5 atom stereocenters. The Morgan fingerprint density at radius 2 is 1.42 bits per heavy atom. The minimum atomic E-state index is -4.85. The molecule has 16 nitrogen and oxygen atoms in total. The fourth-order valence-corrected chi connectivity index (χ4v) is 6.22. The summed E-state index contributed by atoms with van der Waals surface area (Å²) in [5.41, 5.74) is 0.0166. The zero-order chi connectivity index (χ0) is 37.0. The van der Waals surface area contributed by atoms with E-state index >= 15 is 0 Å². The van der Waals surface area contributed by atoms with Crippen molar-refractivity contribution in [3.63, 3.8) is 0 Å². The molecule has 3 rings (SSSR count). The number of rotatable bonds is 16. The van der Waals surface area contributed by atoms with E-state index < -0.39 is 82.0 Å². The average Bonchev–Trinajstić information content (AvgIpc) is 3.03. The highest BCUT2D eigenvalue weighted by molar-refractivity contribution is 7.89. The molecule has 2 aromatic rings. The van der Waals surface area contributed by atoms with E-state index in [-0.39, 0.29) is 29.4 Å². The number of unbranched alkanes of at least 4 members (excludes halogenated alkanes) is 1. The van der Waals surface area contributed by atoms with Crippen LogP contribution in [0, 0.1) is 0 Å². The van der Waals surface area contributed by atoms with Gasteiger partial charge in [-0.25, -0.2) is 13.2 Å². The Morgan fingerprint density at radius 1 is 0.800 bits per heavy atom. The van der Waals surface area contributed by atoms with Gasteiger partial charge in [0.1, 0.15) is 23.4 Å². The molecule has 1 heterocycles. The van der Waals surface area contributed by atoms with Crippen LogP contribution in [-0.2, 0) is 57.6 Å². The second-order valence-corrected chi connectivity index (χ2v) is 12.7. The van der Waals surface area contributed by atoms with Gasteiger partial charge in [-0.1, -0.05) is 31.5 Å². The van der Waals surface area contributed by atoms with Gasteiger partial charge in [-0.15, -0.1) is 0 Å². The van der Waals surface area contributed by atoms with E-state index in [0.717, 1.165) is 40.2 Å². The maximum absolute atomic E-state index is 14.4. The molecule has 274 valence electrons.